The average Bonchev–Trinajstić information content (AvgIpc) is 3.18. The van der Waals surface area contributed by atoms with E-state index in [-0.39, 0.29) is 29.3 Å². The minimum absolute atomic E-state index is 0.139. The van der Waals surface area contributed by atoms with Crippen LogP contribution < -0.4 is 15.8 Å². The maximum atomic E-state index is 13.2. The van der Waals surface area contributed by atoms with Crippen LogP contribution in [0.2, 0.25) is 0 Å². The molecule has 1 aromatic carbocycles. The molecule has 0 amide bonds. The number of carbonyl (C=O) groups excluding carboxylic acids is 1. The minimum atomic E-state index is -0.779. The highest BCUT2D eigenvalue weighted by Gasteiger charge is 2.26. The first-order valence-electron chi connectivity index (χ1n) is 10.1. The number of pyridine rings is 2. The lowest BCUT2D eigenvalue weighted by atomic mass is 10.1. The van der Waals surface area contributed by atoms with Gasteiger partial charge >= 0.3 is 0 Å². The summed E-state index contributed by atoms with van der Waals surface area (Å²) < 4.78 is 7.06. The van der Waals surface area contributed by atoms with Crippen molar-refractivity contribution < 1.29 is 19.6 Å². The van der Waals surface area contributed by atoms with Crippen LogP contribution >= 0.6 is 0 Å². The number of aliphatic hydroxyl groups is 1. The highest BCUT2D eigenvalue weighted by molar-refractivity contribution is 6.04. The molecule has 0 saturated carbocycles. The van der Waals surface area contributed by atoms with Crippen LogP contribution in [-0.2, 0) is 0 Å². The molecule has 34 heavy (non-hydrogen) atoms. The zero-order valence-electron chi connectivity index (χ0n) is 18.3. The van der Waals surface area contributed by atoms with Crippen LogP contribution in [0.25, 0.3) is 11.0 Å². The quantitative estimate of drug-likeness (QED) is 0.273. The lowest BCUT2D eigenvalue weighted by molar-refractivity contribution is -0.384. The van der Waals surface area contributed by atoms with Gasteiger partial charge in [-0.3, -0.25) is 14.9 Å². The molecule has 0 aliphatic heterocycles. The second-order valence-corrected chi connectivity index (χ2v) is 8.07. The van der Waals surface area contributed by atoms with Gasteiger partial charge < -0.3 is 20.9 Å². The van der Waals surface area contributed by atoms with E-state index in [9.17, 15) is 20.0 Å². The largest absolute Gasteiger partial charge is 0.455 e. The Hall–Kier alpha value is -4.58. The molecule has 0 radical (unpaired) electrons. The lowest BCUT2D eigenvalue weighted by Gasteiger charge is -2.23. The van der Waals surface area contributed by atoms with Gasteiger partial charge in [-0.15, -0.1) is 5.10 Å². The lowest BCUT2D eigenvalue weighted by Crippen LogP contribution is -2.35. The van der Waals surface area contributed by atoms with Crippen molar-refractivity contribution >= 4 is 34.3 Å². The molecule has 12 nitrogen and oxygen atoms in total. The van der Waals surface area contributed by atoms with Gasteiger partial charge in [-0.2, -0.15) is 4.68 Å². The number of carbonyl (C=O) groups is 1. The summed E-state index contributed by atoms with van der Waals surface area (Å²) in [6, 6.07) is 10.0. The summed E-state index contributed by atoms with van der Waals surface area (Å²) in [6.07, 6.45) is 2.92. The van der Waals surface area contributed by atoms with Gasteiger partial charge in [-0.25, -0.2) is 9.97 Å². The Morgan fingerprint density at radius 2 is 1.94 bits per heavy atom. The molecule has 0 spiro atoms. The van der Waals surface area contributed by atoms with Gasteiger partial charge in [0.25, 0.3) is 11.6 Å². The number of nitro groups is 1. The molecule has 12 heteroatoms. The number of benzene rings is 1. The Kier molecular flexibility index (Phi) is 5.82. The predicted molar refractivity (Wildman–Crippen MR) is 124 cm³/mol. The van der Waals surface area contributed by atoms with Crippen LogP contribution in [0.4, 0.5) is 17.3 Å². The molecule has 3 aromatic heterocycles. The first kappa shape index (κ1) is 22.6. The number of hydrogen-bond acceptors (Lipinski definition) is 10. The number of hydrogen-bond donors (Lipinski definition) is 3. The molecule has 0 atom stereocenters. The van der Waals surface area contributed by atoms with Crippen molar-refractivity contribution in [1.82, 2.24) is 19.7 Å². The fourth-order valence-electron chi connectivity index (χ4n) is 3.12. The number of nitro benzene ring substituents is 1. The molecule has 0 saturated heterocycles. The molecule has 4 N–H and O–H groups in total. The zero-order valence-corrected chi connectivity index (χ0v) is 18.3. The molecule has 0 bridgehead atoms. The molecular weight excluding hydrogens is 442 g/mol. The number of non-ortho nitro benzene ring substituents is 1. The average molecular weight is 463 g/mol. The van der Waals surface area contributed by atoms with E-state index in [1.807, 2.05) is 0 Å². The number of aliphatic hydroxyl groups excluding tert-OH is 1. The third-order valence-electron chi connectivity index (χ3n) is 4.89. The number of nitrogens with zero attached hydrogens (tertiary/aromatic N) is 5. The normalized spacial score (nSPS) is 11.4. The number of nitrogen functional groups attached to an aromatic ring is 1. The number of aromatic nitrogens is 4. The fraction of sp³-hybridized carbons (Fsp3) is 0.182. The molecule has 0 unspecified atom stereocenters. The summed E-state index contributed by atoms with van der Waals surface area (Å²) in [5, 5.41) is 28.6. The predicted octanol–water partition coefficient (Wildman–Crippen LogP) is 2.98. The Morgan fingerprint density at radius 1 is 1.21 bits per heavy atom. The maximum Gasteiger partial charge on any atom is 0.280 e. The third kappa shape index (κ3) is 4.47. The second kappa shape index (κ2) is 8.75. The van der Waals surface area contributed by atoms with Gasteiger partial charge in [0.2, 0.25) is 0 Å². The van der Waals surface area contributed by atoms with Crippen LogP contribution in [0.1, 0.15) is 24.2 Å². The van der Waals surface area contributed by atoms with E-state index in [4.69, 9.17) is 10.5 Å². The number of ether oxygens (including phenoxy) is 1. The van der Waals surface area contributed by atoms with Crippen molar-refractivity contribution in [3.8, 4) is 11.5 Å². The summed E-state index contributed by atoms with van der Waals surface area (Å²) in [6.45, 7) is 3.31. The highest BCUT2D eigenvalue weighted by atomic mass is 16.6. The molecule has 0 aliphatic rings. The van der Waals surface area contributed by atoms with Crippen LogP contribution in [0, 0.1) is 10.1 Å². The van der Waals surface area contributed by atoms with Crippen molar-refractivity contribution in [2.24, 2.45) is 0 Å². The topological polar surface area (TPSA) is 171 Å². The molecular formula is C22H21N7O5. The highest BCUT2D eigenvalue weighted by Crippen LogP contribution is 2.35. The zero-order chi connectivity index (χ0) is 24.5. The van der Waals surface area contributed by atoms with Crippen molar-refractivity contribution in [3.63, 3.8) is 0 Å². The number of rotatable bonds is 7. The summed E-state index contributed by atoms with van der Waals surface area (Å²) in [4.78, 5) is 32.0. The molecule has 174 valence electrons. The maximum absolute atomic E-state index is 13.2. The standard InChI is InChI=1S/C22H21N7O5/c1-22(2,12-30)26-19-18-16(34-15-7-8-17(23)25-11-15)9-10-24-20(18)28(27-19)21(31)13-3-5-14(6-4-13)29(32)33/h3-11,30H,12H2,1-2H3,(H2,23,25)(H,26,27). The van der Waals surface area contributed by atoms with Gasteiger partial charge in [-0.1, -0.05) is 0 Å². The van der Waals surface area contributed by atoms with Crippen LogP contribution in [-0.4, -0.2) is 47.8 Å². The third-order valence-corrected chi connectivity index (χ3v) is 4.89. The SMILES string of the molecule is CC(C)(CO)Nc1nn(C(=O)c2ccc([N+](=O)[O-])cc2)c2nccc(Oc3ccc(N)nc3)c12. The number of nitrogens with one attached hydrogen (secondary N) is 1. The van der Waals surface area contributed by atoms with Crippen molar-refractivity contribution in [1.29, 1.82) is 0 Å². The van der Waals surface area contributed by atoms with E-state index >= 15 is 0 Å². The Morgan fingerprint density at radius 3 is 2.56 bits per heavy atom. The monoisotopic (exact) mass is 463 g/mol. The number of fused-ring (bicyclic) bond motifs is 1. The van der Waals surface area contributed by atoms with E-state index in [0.29, 0.717) is 22.7 Å². The van der Waals surface area contributed by atoms with Gasteiger partial charge in [0.05, 0.1) is 23.3 Å². The first-order chi connectivity index (χ1) is 16.2. The Bertz CT molecular complexity index is 1370. The summed E-state index contributed by atoms with van der Waals surface area (Å²) >= 11 is 0. The molecule has 0 fully saturated rings. The van der Waals surface area contributed by atoms with Gasteiger partial charge in [0.1, 0.15) is 22.7 Å². The number of nitrogens with two attached hydrogens (primary N) is 1. The summed E-state index contributed by atoms with van der Waals surface area (Å²) in [5.41, 5.74) is 5.09. The van der Waals surface area contributed by atoms with Gasteiger partial charge in [0, 0.05) is 30.0 Å². The van der Waals surface area contributed by atoms with E-state index < -0.39 is 16.4 Å². The van der Waals surface area contributed by atoms with E-state index in [0.717, 1.165) is 4.68 Å². The summed E-state index contributed by atoms with van der Waals surface area (Å²) in [5.74, 6) is 0.796. The van der Waals surface area contributed by atoms with Crippen LogP contribution in [0.15, 0.2) is 54.9 Å². The molecule has 4 aromatic rings. The molecule has 3 heterocycles. The second-order valence-electron chi connectivity index (χ2n) is 8.07. The van der Waals surface area contributed by atoms with Crippen molar-refractivity contribution in [3.05, 3.63) is 70.5 Å². The fourth-order valence-corrected chi connectivity index (χ4v) is 3.12. The Labute approximate surface area is 193 Å². The van der Waals surface area contributed by atoms with E-state index in [1.165, 1.54) is 36.7 Å². The van der Waals surface area contributed by atoms with Gasteiger partial charge in [-0.05, 0) is 38.1 Å². The van der Waals surface area contributed by atoms with Gasteiger partial charge in [0.15, 0.2) is 11.5 Å². The molecule has 4 rings (SSSR count). The smallest absolute Gasteiger partial charge is 0.280 e. The first-order valence-corrected chi connectivity index (χ1v) is 10.1. The summed E-state index contributed by atoms with van der Waals surface area (Å²) in [7, 11) is 0. The number of anilines is 2. The van der Waals surface area contributed by atoms with Crippen molar-refractivity contribution in [2.45, 2.75) is 19.4 Å². The molecule has 0 aliphatic carbocycles. The minimum Gasteiger partial charge on any atom is -0.455 e. The Balaban J connectivity index is 1.83. The van der Waals surface area contributed by atoms with E-state index in [1.54, 1.807) is 32.0 Å². The van der Waals surface area contributed by atoms with E-state index in [2.05, 4.69) is 20.4 Å². The van der Waals surface area contributed by atoms with Crippen LogP contribution in [0.3, 0.4) is 0 Å². The van der Waals surface area contributed by atoms with Crippen LogP contribution in [0.5, 0.6) is 11.5 Å². The van der Waals surface area contributed by atoms with Crippen molar-refractivity contribution in [2.75, 3.05) is 17.7 Å².